The average molecular weight is 266 g/mol. The van der Waals surface area contributed by atoms with E-state index in [1.165, 1.54) is 6.07 Å². The topological polar surface area (TPSA) is 56.9 Å². The first-order valence-electron chi connectivity index (χ1n) is 6.69. The zero-order chi connectivity index (χ0) is 14.2. The van der Waals surface area contributed by atoms with Crippen LogP contribution < -0.4 is 0 Å². The molecule has 0 aromatic carbocycles. The second-order valence-corrected chi connectivity index (χ2v) is 5.50. The first-order chi connectivity index (χ1) is 8.90. The third-order valence-corrected chi connectivity index (χ3v) is 4.19. The van der Waals surface area contributed by atoms with Crippen LogP contribution >= 0.6 is 0 Å². The maximum atomic E-state index is 10.8. The molecule has 0 saturated carbocycles. The molecule has 1 fully saturated rings. The van der Waals surface area contributed by atoms with Gasteiger partial charge in [-0.05, 0) is 40.0 Å². The molecule has 1 aromatic heterocycles. The van der Waals surface area contributed by atoms with Crippen molar-refractivity contribution < 1.29 is 14.3 Å². The van der Waals surface area contributed by atoms with E-state index in [4.69, 9.17) is 9.52 Å². The fourth-order valence-electron chi connectivity index (χ4n) is 2.63. The molecular weight excluding hydrogens is 244 g/mol. The molecule has 0 radical (unpaired) electrons. The molecule has 1 saturated heterocycles. The van der Waals surface area contributed by atoms with Gasteiger partial charge in [-0.3, -0.25) is 9.80 Å². The molecule has 0 aliphatic carbocycles. The minimum Gasteiger partial charge on any atom is -0.475 e. The van der Waals surface area contributed by atoms with Gasteiger partial charge >= 0.3 is 5.97 Å². The fourth-order valence-corrected chi connectivity index (χ4v) is 2.63. The summed E-state index contributed by atoms with van der Waals surface area (Å²) in [6.07, 6.45) is 0. The van der Waals surface area contributed by atoms with Crippen molar-refractivity contribution in [3.05, 3.63) is 23.7 Å². The van der Waals surface area contributed by atoms with Gasteiger partial charge in [-0.2, -0.15) is 0 Å². The van der Waals surface area contributed by atoms with Gasteiger partial charge in [-0.15, -0.1) is 0 Å². The van der Waals surface area contributed by atoms with E-state index < -0.39 is 5.97 Å². The zero-order valence-corrected chi connectivity index (χ0v) is 12.0. The second-order valence-electron chi connectivity index (χ2n) is 5.50. The van der Waals surface area contributed by atoms with Crippen molar-refractivity contribution >= 4 is 5.97 Å². The van der Waals surface area contributed by atoms with Crippen molar-refractivity contribution in [2.75, 3.05) is 20.1 Å². The number of aromatic carboxylic acids is 1. The van der Waals surface area contributed by atoms with Gasteiger partial charge < -0.3 is 9.52 Å². The number of hydrogen-bond acceptors (Lipinski definition) is 4. The Balaban J connectivity index is 2.10. The van der Waals surface area contributed by atoms with Crippen molar-refractivity contribution in [2.45, 2.75) is 38.9 Å². The summed E-state index contributed by atoms with van der Waals surface area (Å²) in [4.78, 5) is 15.6. The maximum Gasteiger partial charge on any atom is 0.371 e. The van der Waals surface area contributed by atoms with E-state index in [1.807, 2.05) is 0 Å². The fraction of sp³-hybridized carbons (Fsp3) is 0.643. The van der Waals surface area contributed by atoms with Crippen LogP contribution in [0.15, 0.2) is 16.5 Å². The Bertz CT molecular complexity index is 445. The Kier molecular flexibility index (Phi) is 3.96. The first-order valence-corrected chi connectivity index (χ1v) is 6.69. The number of carboxylic acids is 1. The number of likely N-dealkylation sites (N-methyl/N-ethyl adjacent to an activating group) is 1. The van der Waals surface area contributed by atoms with Crippen LogP contribution in [-0.2, 0) is 0 Å². The summed E-state index contributed by atoms with van der Waals surface area (Å²) in [5.74, 6) is -0.281. The third-order valence-electron chi connectivity index (χ3n) is 4.19. The van der Waals surface area contributed by atoms with Crippen molar-refractivity contribution in [3.8, 4) is 0 Å². The van der Waals surface area contributed by atoms with E-state index in [-0.39, 0.29) is 11.8 Å². The van der Waals surface area contributed by atoms with E-state index in [2.05, 4.69) is 37.6 Å². The number of carboxylic acid groups (broad SMARTS) is 1. The maximum absolute atomic E-state index is 10.8. The van der Waals surface area contributed by atoms with Crippen LogP contribution in [0.4, 0.5) is 0 Å². The van der Waals surface area contributed by atoms with Gasteiger partial charge in [-0.1, -0.05) is 0 Å². The lowest BCUT2D eigenvalue weighted by Gasteiger charge is -2.44. The van der Waals surface area contributed by atoms with Gasteiger partial charge in [-0.25, -0.2) is 4.79 Å². The molecule has 0 spiro atoms. The Hall–Kier alpha value is -1.33. The van der Waals surface area contributed by atoms with Gasteiger partial charge in [0.05, 0.1) is 6.04 Å². The summed E-state index contributed by atoms with van der Waals surface area (Å²) < 4.78 is 5.40. The third kappa shape index (κ3) is 2.82. The molecule has 0 amide bonds. The molecule has 2 heterocycles. The normalized spacial score (nSPS) is 27.4. The summed E-state index contributed by atoms with van der Waals surface area (Å²) in [6, 6.07) is 4.37. The Labute approximate surface area is 113 Å². The number of nitrogens with zero attached hydrogens (tertiary/aromatic N) is 2. The van der Waals surface area contributed by atoms with Crippen LogP contribution in [-0.4, -0.2) is 53.1 Å². The Morgan fingerprint density at radius 2 is 1.95 bits per heavy atom. The van der Waals surface area contributed by atoms with E-state index in [1.54, 1.807) is 6.07 Å². The van der Waals surface area contributed by atoms with Crippen molar-refractivity contribution in [2.24, 2.45) is 0 Å². The van der Waals surface area contributed by atoms with Crippen LogP contribution in [0.3, 0.4) is 0 Å². The molecule has 3 atom stereocenters. The minimum atomic E-state index is -1.02. The highest BCUT2D eigenvalue weighted by Gasteiger charge is 2.30. The van der Waals surface area contributed by atoms with Gasteiger partial charge in [0.2, 0.25) is 5.76 Å². The van der Waals surface area contributed by atoms with Crippen LogP contribution in [0.1, 0.15) is 43.1 Å². The molecule has 2 rings (SSSR count). The number of hydrogen-bond donors (Lipinski definition) is 1. The number of piperazine rings is 1. The van der Waals surface area contributed by atoms with E-state index >= 15 is 0 Å². The average Bonchev–Trinajstić information content (AvgIpc) is 2.84. The quantitative estimate of drug-likeness (QED) is 0.907. The molecule has 5 nitrogen and oxygen atoms in total. The molecule has 1 N–H and O–H groups in total. The monoisotopic (exact) mass is 266 g/mol. The molecule has 19 heavy (non-hydrogen) atoms. The second kappa shape index (κ2) is 5.35. The SMILES string of the molecule is CC(c1ccc(C(=O)O)o1)N1CC(C)N(C)C(C)C1. The standard InChI is InChI=1S/C14H22N2O3/c1-9-7-16(8-10(2)15(9)4)11(3)12-5-6-13(19-12)14(17)18/h5-6,9-11H,7-8H2,1-4H3,(H,17,18). The van der Waals surface area contributed by atoms with Crippen LogP contribution in [0.5, 0.6) is 0 Å². The van der Waals surface area contributed by atoms with E-state index in [0.29, 0.717) is 12.1 Å². The highest BCUT2D eigenvalue weighted by atomic mass is 16.4. The van der Waals surface area contributed by atoms with Crippen LogP contribution in [0, 0.1) is 0 Å². The highest BCUT2D eigenvalue weighted by Crippen LogP contribution is 2.26. The summed E-state index contributed by atoms with van der Waals surface area (Å²) in [7, 11) is 2.15. The summed E-state index contributed by atoms with van der Waals surface area (Å²) in [6.45, 7) is 8.41. The predicted molar refractivity (Wildman–Crippen MR) is 72.3 cm³/mol. The summed E-state index contributed by atoms with van der Waals surface area (Å²) in [5.41, 5.74) is 0. The Morgan fingerprint density at radius 3 is 2.42 bits per heavy atom. The molecule has 106 valence electrons. The number of rotatable bonds is 3. The van der Waals surface area contributed by atoms with Gasteiger partial charge in [0.1, 0.15) is 5.76 Å². The smallest absolute Gasteiger partial charge is 0.371 e. The highest BCUT2D eigenvalue weighted by molar-refractivity contribution is 5.84. The summed E-state index contributed by atoms with van der Waals surface area (Å²) >= 11 is 0. The molecule has 1 aliphatic heterocycles. The molecule has 3 unspecified atom stereocenters. The Morgan fingerprint density at radius 1 is 1.37 bits per heavy atom. The van der Waals surface area contributed by atoms with Crippen LogP contribution in [0.2, 0.25) is 0 Å². The van der Waals surface area contributed by atoms with E-state index in [9.17, 15) is 4.79 Å². The largest absolute Gasteiger partial charge is 0.475 e. The molecular formula is C14H22N2O3. The lowest BCUT2D eigenvalue weighted by molar-refractivity contribution is 0.0315. The first kappa shape index (κ1) is 14.1. The molecule has 0 bridgehead atoms. The van der Waals surface area contributed by atoms with E-state index in [0.717, 1.165) is 18.8 Å². The number of carbonyl (C=O) groups is 1. The molecule has 1 aromatic rings. The molecule has 5 heteroatoms. The van der Waals surface area contributed by atoms with Gasteiger partial charge in [0.15, 0.2) is 0 Å². The number of furan rings is 1. The van der Waals surface area contributed by atoms with Gasteiger partial charge in [0.25, 0.3) is 0 Å². The van der Waals surface area contributed by atoms with Gasteiger partial charge in [0, 0.05) is 25.2 Å². The molecule has 1 aliphatic rings. The predicted octanol–water partition coefficient (Wildman–Crippen LogP) is 2.06. The summed E-state index contributed by atoms with van der Waals surface area (Å²) in [5, 5.41) is 8.90. The van der Waals surface area contributed by atoms with Crippen molar-refractivity contribution in [1.29, 1.82) is 0 Å². The lowest BCUT2D eigenvalue weighted by atomic mass is 10.1. The van der Waals surface area contributed by atoms with Crippen molar-refractivity contribution in [3.63, 3.8) is 0 Å². The van der Waals surface area contributed by atoms with Crippen molar-refractivity contribution in [1.82, 2.24) is 9.80 Å². The minimum absolute atomic E-state index is 0.0112. The lowest BCUT2D eigenvalue weighted by Crippen LogP contribution is -2.55. The zero-order valence-electron chi connectivity index (χ0n) is 12.0. The van der Waals surface area contributed by atoms with Crippen LogP contribution in [0.25, 0.3) is 0 Å².